The molecule has 1 aliphatic carbocycles. The van der Waals surface area contributed by atoms with Crippen LogP contribution in [0, 0.1) is 10.1 Å². The molecule has 9 nitrogen and oxygen atoms in total. The molecule has 1 amide bonds. The van der Waals surface area contributed by atoms with Crippen LogP contribution in [0.4, 0.5) is 19.0 Å². The second-order valence-electron chi connectivity index (χ2n) is 6.38. The summed E-state index contributed by atoms with van der Waals surface area (Å²) in [5.74, 6) is -0.798. The monoisotopic (exact) mass is 420 g/mol. The molecule has 0 aromatic carbocycles. The summed E-state index contributed by atoms with van der Waals surface area (Å²) in [7, 11) is 0. The van der Waals surface area contributed by atoms with E-state index in [-0.39, 0.29) is 36.4 Å². The normalized spacial score (nSPS) is 14.3. The molecular formula is C15H16ClF3N6O3. The van der Waals surface area contributed by atoms with Crippen molar-refractivity contribution in [2.45, 2.75) is 44.4 Å². The number of nitrogens with one attached hydrogen (secondary N) is 1. The van der Waals surface area contributed by atoms with E-state index in [0.29, 0.717) is 12.1 Å². The molecule has 0 spiro atoms. The first kappa shape index (κ1) is 20.1. The Morgan fingerprint density at radius 3 is 2.68 bits per heavy atom. The van der Waals surface area contributed by atoms with Crippen LogP contribution < -0.4 is 5.32 Å². The first-order valence-electron chi connectivity index (χ1n) is 8.44. The van der Waals surface area contributed by atoms with Gasteiger partial charge in [-0.3, -0.25) is 9.48 Å². The van der Waals surface area contributed by atoms with E-state index in [2.05, 4.69) is 15.5 Å². The standard InChI is InChI=1S/C15H16ClF3N6O3/c16-12-13(9-2-3-9)24(22-14(12)15(17,18)19)6-1-5-20-11(26)8-23-7-4-10(21-23)25(27)28/h4,7,9H,1-3,5-6,8H2,(H,20,26). The van der Waals surface area contributed by atoms with E-state index >= 15 is 0 Å². The van der Waals surface area contributed by atoms with Crippen molar-refractivity contribution in [2.24, 2.45) is 0 Å². The molecule has 1 N–H and O–H groups in total. The van der Waals surface area contributed by atoms with Crippen LogP contribution in [0.3, 0.4) is 0 Å². The number of amides is 1. The van der Waals surface area contributed by atoms with Gasteiger partial charge in [-0.2, -0.15) is 23.0 Å². The van der Waals surface area contributed by atoms with E-state index in [1.807, 2.05) is 0 Å². The van der Waals surface area contributed by atoms with Gasteiger partial charge in [0.1, 0.15) is 6.54 Å². The minimum Gasteiger partial charge on any atom is -0.358 e. The number of aromatic nitrogens is 4. The number of aryl methyl sites for hydroxylation is 1. The third-order valence-electron chi connectivity index (χ3n) is 4.15. The highest BCUT2D eigenvalue weighted by atomic mass is 35.5. The highest BCUT2D eigenvalue weighted by molar-refractivity contribution is 6.32. The maximum absolute atomic E-state index is 13.0. The van der Waals surface area contributed by atoms with Gasteiger partial charge in [-0.15, -0.1) is 0 Å². The van der Waals surface area contributed by atoms with Gasteiger partial charge in [0.25, 0.3) is 0 Å². The van der Waals surface area contributed by atoms with Crippen LogP contribution in [0.25, 0.3) is 0 Å². The molecule has 13 heteroatoms. The van der Waals surface area contributed by atoms with E-state index in [1.54, 1.807) is 0 Å². The van der Waals surface area contributed by atoms with Gasteiger partial charge in [0.2, 0.25) is 5.91 Å². The molecule has 0 aliphatic heterocycles. The van der Waals surface area contributed by atoms with Crippen LogP contribution in [0.15, 0.2) is 12.3 Å². The van der Waals surface area contributed by atoms with Crippen LogP contribution >= 0.6 is 11.6 Å². The van der Waals surface area contributed by atoms with Gasteiger partial charge in [0.15, 0.2) is 5.69 Å². The zero-order valence-corrected chi connectivity index (χ0v) is 15.2. The van der Waals surface area contributed by atoms with Gasteiger partial charge < -0.3 is 15.4 Å². The second-order valence-corrected chi connectivity index (χ2v) is 6.75. The van der Waals surface area contributed by atoms with Crippen LogP contribution in [-0.4, -0.2) is 36.9 Å². The number of hydrogen-bond donors (Lipinski definition) is 1. The van der Waals surface area contributed by atoms with E-state index in [1.165, 1.54) is 16.9 Å². The number of nitro groups is 1. The molecule has 0 atom stereocenters. The van der Waals surface area contributed by atoms with Crippen molar-refractivity contribution in [3.63, 3.8) is 0 Å². The summed E-state index contributed by atoms with van der Waals surface area (Å²) in [6.45, 7) is 0.174. The first-order chi connectivity index (χ1) is 13.2. The highest BCUT2D eigenvalue weighted by Gasteiger charge is 2.41. The minimum absolute atomic E-state index is 0.0127. The fraction of sp³-hybridized carbons (Fsp3) is 0.533. The molecule has 2 aromatic rings. The predicted octanol–water partition coefficient (Wildman–Crippen LogP) is 2.74. The van der Waals surface area contributed by atoms with E-state index < -0.39 is 22.7 Å². The van der Waals surface area contributed by atoms with E-state index in [9.17, 15) is 28.1 Å². The van der Waals surface area contributed by atoms with E-state index in [4.69, 9.17) is 11.6 Å². The van der Waals surface area contributed by atoms with Crippen molar-refractivity contribution in [1.29, 1.82) is 0 Å². The molecule has 2 heterocycles. The largest absolute Gasteiger partial charge is 0.436 e. The van der Waals surface area contributed by atoms with E-state index in [0.717, 1.165) is 17.5 Å². The van der Waals surface area contributed by atoms with Gasteiger partial charge >= 0.3 is 12.0 Å². The van der Waals surface area contributed by atoms with Crippen LogP contribution in [0.5, 0.6) is 0 Å². The average molecular weight is 421 g/mol. The molecule has 152 valence electrons. The summed E-state index contributed by atoms with van der Waals surface area (Å²) in [6.07, 6.45) is -1.42. The SMILES string of the molecule is O=C(Cn1ccc([N+](=O)[O-])n1)NCCCn1nc(C(F)(F)F)c(Cl)c1C1CC1. The van der Waals surface area contributed by atoms with Crippen molar-refractivity contribution >= 4 is 23.3 Å². The van der Waals surface area contributed by atoms with Crippen LogP contribution in [0.1, 0.15) is 36.6 Å². The molecule has 1 fully saturated rings. The topological polar surface area (TPSA) is 108 Å². The summed E-state index contributed by atoms with van der Waals surface area (Å²) < 4.78 is 41.4. The smallest absolute Gasteiger partial charge is 0.358 e. The van der Waals surface area contributed by atoms with Gasteiger partial charge in [0, 0.05) is 19.0 Å². The second kappa shape index (κ2) is 7.78. The quantitative estimate of drug-likeness (QED) is 0.401. The number of alkyl halides is 3. The summed E-state index contributed by atoms with van der Waals surface area (Å²) in [6, 6.07) is 1.17. The van der Waals surface area contributed by atoms with Crippen LogP contribution in [-0.2, 0) is 24.1 Å². The van der Waals surface area contributed by atoms with Crippen molar-refractivity contribution in [3.8, 4) is 0 Å². The number of carbonyl (C=O) groups is 1. The molecule has 3 rings (SSSR count). The van der Waals surface area contributed by atoms with Crippen molar-refractivity contribution < 1.29 is 22.9 Å². The molecule has 0 bridgehead atoms. The Morgan fingerprint density at radius 2 is 2.11 bits per heavy atom. The van der Waals surface area contributed by atoms with Gasteiger partial charge in [-0.25, -0.2) is 0 Å². The lowest BCUT2D eigenvalue weighted by Crippen LogP contribution is -2.29. The molecular weight excluding hydrogens is 405 g/mol. The first-order valence-corrected chi connectivity index (χ1v) is 8.82. The summed E-state index contributed by atoms with van der Waals surface area (Å²) in [5.41, 5.74) is -0.690. The van der Waals surface area contributed by atoms with Crippen LogP contribution in [0.2, 0.25) is 5.02 Å². The lowest BCUT2D eigenvalue weighted by atomic mass is 10.2. The van der Waals surface area contributed by atoms with Gasteiger partial charge in [-0.1, -0.05) is 11.6 Å². The molecule has 1 saturated carbocycles. The maximum Gasteiger partial charge on any atom is 0.436 e. The molecule has 0 unspecified atom stereocenters. The van der Waals surface area contributed by atoms with Crippen molar-refractivity contribution in [1.82, 2.24) is 24.9 Å². The fourth-order valence-electron chi connectivity index (χ4n) is 2.75. The van der Waals surface area contributed by atoms with Gasteiger partial charge in [0.05, 0.1) is 28.1 Å². The number of rotatable bonds is 8. The predicted molar refractivity (Wildman–Crippen MR) is 90.7 cm³/mol. The molecule has 28 heavy (non-hydrogen) atoms. The Balaban J connectivity index is 1.52. The summed E-state index contributed by atoms with van der Waals surface area (Å²) in [4.78, 5) is 21.7. The molecule has 1 aliphatic rings. The highest BCUT2D eigenvalue weighted by Crippen LogP contribution is 2.46. The molecule has 0 saturated heterocycles. The lowest BCUT2D eigenvalue weighted by Gasteiger charge is -2.08. The Bertz CT molecular complexity index is 890. The Hall–Kier alpha value is -2.63. The number of nitrogens with zero attached hydrogens (tertiary/aromatic N) is 5. The molecule has 0 radical (unpaired) electrons. The Kier molecular flexibility index (Phi) is 5.59. The fourth-order valence-corrected chi connectivity index (χ4v) is 3.14. The van der Waals surface area contributed by atoms with Crippen molar-refractivity contribution in [2.75, 3.05) is 6.54 Å². The Labute approximate surface area is 161 Å². The van der Waals surface area contributed by atoms with Crippen molar-refractivity contribution in [3.05, 3.63) is 38.8 Å². The number of halogens is 4. The summed E-state index contributed by atoms with van der Waals surface area (Å²) in [5, 5.41) is 20.0. The Morgan fingerprint density at radius 1 is 1.39 bits per heavy atom. The third-order valence-corrected chi connectivity index (χ3v) is 4.52. The van der Waals surface area contributed by atoms with Gasteiger partial charge in [-0.05, 0) is 24.2 Å². The zero-order valence-electron chi connectivity index (χ0n) is 14.4. The zero-order chi connectivity index (χ0) is 20.5. The third kappa shape index (κ3) is 4.61. The average Bonchev–Trinajstić information content (AvgIpc) is 3.21. The minimum atomic E-state index is -4.62. The summed E-state index contributed by atoms with van der Waals surface area (Å²) >= 11 is 5.90. The maximum atomic E-state index is 13.0. The number of carbonyl (C=O) groups excluding carboxylic acids is 1. The number of hydrogen-bond acceptors (Lipinski definition) is 5. The molecule has 2 aromatic heterocycles. The lowest BCUT2D eigenvalue weighted by molar-refractivity contribution is -0.389.